The highest BCUT2D eigenvalue weighted by Crippen LogP contribution is 2.08. The molecule has 0 spiro atoms. The highest BCUT2D eigenvalue weighted by molar-refractivity contribution is 7.92. The largest absolute Gasteiger partial charge is 0.467 e. The van der Waals surface area contributed by atoms with Gasteiger partial charge >= 0.3 is 6.03 Å². The van der Waals surface area contributed by atoms with Crippen molar-refractivity contribution in [2.45, 2.75) is 6.54 Å². The van der Waals surface area contributed by atoms with Gasteiger partial charge in [0.15, 0.2) is 6.54 Å². The van der Waals surface area contributed by atoms with Gasteiger partial charge in [-0.15, -0.1) is 0 Å². The molecule has 2 heterocycles. The summed E-state index contributed by atoms with van der Waals surface area (Å²) in [6.07, 6.45) is 3.07. The van der Waals surface area contributed by atoms with E-state index in [0.717, 1.165) is 10.5 Å². The first-order valence-electron chi connectivity index (χ1n) is 9.59. The van der Waals surface area contributed by atoms with E-state index in [1.807, 2.05) is 30.3 Å². The molecule has 3 amide bonds. The molecule has 30 heavy (non-hydrogen) atoms. The standard InChI is InChI=1S/C20H24N4O5S/c25-19(22-20(26)21-15-18-7-4-13-29-18)16-23-9-11-24(12-10-23)30(27,28)14-8-17-5-2-1-3-6-17/h1-8,13-14H,9-12,15-16H2,(H2,21,22,25,26)/p+1/b14-8+. The van der Waals surface area contributed by atoms with Gasteiger partial charge in [0.05, 0.1) is 39.0 Å². The van der Waals surface area contributed by atoms with E-state index >= 15 is 0 Å². The van der Waals surface area contributed by atoms with Gasteiger partial charge in [-0.2, -0.15) is 4.31 Å². The summed E-state index contributed by atoms with van der Waals surface area (Å²) in [6.45, 7) is 1.89. The normalized spacial score (nSPS) is 15.9. The van der Waals surface area contributed by atoms with Crippen LogP contribution in [0.25, 0.3) is 6.08 Å². The number of rotatable bonds is 7. The Balaban J connectivity index is 1.40. The summed E-state index contributed by atoms with van der Waals surface area (Å²) >= 11 is 0. The second-order valence-electron chi connectivity index (χ2n) is 6.89. The van der Waals surface area contributed by atoms with Crippen LogP contribution in [0.15, 0.2) is 58.6 Å². The van der Waals surface area contributed by atoms with Crippen molar-refractivity contribution in [2.75, 3.05) is 32.7 Å². The van der Waals surface area contributed by atoms with Gasteiger partial charge in [-0.05, 0) is 23.8 Å². The van der Waals surface area contributed by atoms with E-state index in [1.165, 1.54) is 16.0 Å². The molecule has 0 atom stereocenters. The Morgan fingerprint density at radius 1 is 1.10 bits per heavy atom. The average molecular weight is 434 g/mol. The van der Waals surface area contributed by atoms with E-state index in [1.54, 1.807) is 18.2 Å². The molecule has 2 aromatic rings. The van der Waals surface area contributed by atoms with Crippen LogP contribution in [0.4, 0.5) is 4.79 Å². The topological polar surface area (TPSA) is 113 Å². The number of nitrogens with zero attached hydrogens (tertiary/aromatic N) is 1. The number of quaternary nitrogens is 1. The SMILES string of the molecule is O=C(C[NH+]1CCN(S(=O)(=O)/C=C/c2ccccc2)CC1)NC(=O)NCc1ccco1. The number of carbonyl (C=O) groups is 2. The molecule has 0 radical (unpaired) electrons. The molecule has 3 rings (SSSR count). The highest BCUT2D eigenvalue weighted by atomic mass is 32.2. The van der Waals surface area contributed by atoms with Crippen LogP contribution in [0.5, 0.6) is 0 Å². The number of carbonyl (C=O) groups excluding carboxylic acids is 2. The molecule has 0 saturated carbocycles. The predicted octanol–water partition coefficient (Wildman–Crippen LogP) is -0.193. The Hall–Kier alpha value is -2.95. The number of piperazine rings is 1. The fraction of sp³-hybridized carbons (Fsp3) is 0.300. The number of nitrogens with one attached hydrogen (secondary N) is 3. The molecule has 0 unspecified atom stereocenters. The van der Waals surface area contributed by atoms with Gasteiger partial charge in [0, 0.05) is 5.41 Å². The molecule has 10 heteroatoms. The molecule has 1 fully saturated rings. The van der Waals surface area contributed by atoms with Gasteiger partial charge in [0.1, 0.15) is 5.76 Å². The van der Waals surface area contributed by atoms with Crippen LogP contribution in [-0.4, -0.2) is 57.4 Å². The highest BCUT2D eigenvalue weighted by Gasteiger charge is 2.28. The summed E-state index contributed by atoms with van der Waals surface area (Å²) in [5.74, 6) is 0.170. The van der Waals surface area contributed by atoms with Gasteiger partial charge in [0.2, 0.25) is 10.0 Å². The third-order valence-electron chi connectivity index (χ3n) is 4.69. The molecule has 0 aliphatic carbocycles. The molecular weight excluding hydrogens is 408 g/mol. The average Bonchev–Trinajstić information content (AvgIpc) is 3.26. The van der Waals surface area contributed by atoms with Gasteiger partial charge in [-0.3, -0.25) is 10.1 Å². The molecule has 160 valence electrons. The van der Waals surface area contributed by atoms with Crippen molar-refractivity contribution >= 4 is 28.0 Å². The number of hydrogen-bond donors (Lipinski definition) is 3. The van der Waals surface area contributed by atoms with E-state index in [4.69, 9.17) is 4.42 Å². The quantitative estimate of drug-likeness (QED) is 0.560. The number of imide groups is 1. The van der Waals surface area contributed by atoms with E-state index in [9.17, 15) is 18.0 Å². The van der Waals surface area contributed by atoms with Gasteiger partial charge in [0.25, 0.3) is 5.91 Å². The maximum absolute atomic E-state index is 12.5. The smallest absolute Gasteiger partial charge is 0.321 e. The van der Waals surface area contributed by atoms with Crippen LogP contribution < -0.4 is 15.5 Å². The van der Waals surface area contributed by atoms with Crippen LogP contribution in [0.3, 0.4) is 0 Å². The summed E-state index contributed by atoms with van der Waals surface area (Å²) in [5, 5.41) is 6.03. The zero-order valence-electron chi connectivity index (χ0n) is 16.4. The minimum atomic E-state index is -3.52. The lowest BCUT2D eigenvalue weighted by Crippen LogP contribution is -3.15. The summed E-state index contributed by atoms with van der Waals surface area (Å²) in [6, 6.07) is 12.0. The molecule has 0 bridgehead atoms. The van der Waals surface area contributed by atoms with Crippen LogP contribution >= 0.6 is 0 Å². The number of furan rings is 1. The first kappa shape index (κ1) is 21.8. The lowest BCUT2D eigenvalue weighted by atomic mass is 10.2. The molecular formula is C20H25N4O5S+. The van der Waals surface area contributed by atoms with Crippen LogP contribution in [-0.2, 0) is 21.4 Å². The number of sulfonamides is 1. The maximum Gasteiger partial charge on any atom is 0.321 e. The van der Waals surface area contributed by atoms with E-state index in [2.05, 4.69) is 10.6 Å². The van der Waals surface area contributed by atoms with Gasteiger partial charge in [-0.25, -0.2) is 13.2 Å². The predicted molar refractivity (Wildman–Crippen MR) is 111 cm³/mol. The van der Waals surface area contributed by atoms with Crippen molar-refractivity contribution in [3.8, 4) is 0 Å². The Kier molecular flexibility index (Phi) is 7.39. The first-order valence-corrected chi connectivity index (χ1v) is 11.1. The van der Waals surface area contributed by atoms with E-state index < -0.39 is 22.0 Å². The second kappa shape index (κ2) is 10.2. The van der Waals surface area contributed by atoms with Crippen molar-refractivity contribution < 1.29 is 27.3 Å². The summed E-state index contributed by atoms with van der Waals surface area (Å²) in [7, 11) is -3.52. The fourth-order valence-corrected chi connectivity index (χ4v) is 4.26. The Morgan fingerprint density at radius 2 is 1.83 bits per heavy atom. The van der Waals surface area contributed by atoms with Crippen molar-refractivity contribution in [3.63, 3.8) is 0 Å². The number of hydrogen-bond acceptors (Lipinski definition) is 5. The maximum atomic E-state index is 12.5. The van der Waals surface area contributed by atoms with E-state index in [-0.39, 0.29) is 13.1 Å². The third kappa shape index (κ3) is 6.55. The van der Waals surface area contributed by atoms with Crippen LogP contribution in [0, 0.1) is 0 Å². The molecule has 1 saturated heterocycles. The molecule has 9 nitrogen and oxygen atoms in total. The third-order valence-corrected chi connectivity index (χ3v) is 6.25. The lowest BCUT2D eigenvalue weighted by molar-refractivity contribution is -0.895. The lowest BCUT2D eigenvalue weighted by Gasteiger charge is -2.30. The minimum absolute atomic E-state index is 0.0991. The second-order valence-corrected chi connectivity index (χ2v) is 8.71. The van der Waals surface area contributed by atoms with Gasteiger partial charge < -0.3 is 14.6 Å². The molecule has 3 N–H and O–H groups in total. The zero-order valence-corrected chi connectivity index (χ0v) is 17.2. The first-order chi connectivity index (χ1) is 14.4. The number of urea groups is 1. The zero-order chi connectivity index (χ0) is 21.4. The minimum Gasteiger partial charge on any atom is -0.467 e. The van der Waals surface area contributed by atoms with Crippen molar-refractivity contribution in [1.29, 1.82) is 0 Å². The van der Waals surface area contributed by atoms with Crippen LogP contribution in [0.1, 0.15) is 11.3 Å². The van der Waals surface area contributed by atoms with Crippen molar-refractivity contribution in [2.24, 2.45) is 0 Å². The Bertz CT molecular complexity index is 966. The Morgan fingerprint density at radius 3 is 2.50 bits per heavy atom. The summed E-state index contributed by atoms with van der Waals surface area (Å²) < 4.78 is 31.5. The van der Waals surface area contributed by atoms with E-state index in [0.29, 0.717) is 31.9 Å². The molecule has 1 aromatic carbocycles. The monoisotopic (exact) mass is 433 g/mol. The summed E-state index contributed by atoms with van der Waals surface area (Å²) in [5.41, 5.74) is 0.812. The number of amides is 3. The summed E-state index contributed by atoms with van der Waals surface area (Å²) in [4.78, 5) is 24.8. The van der Waals surface area contributed by atoms with Gasteiger partial charge in [-0.1, -0.05) is 30.3 Å². The Labute approximate surface area is 175 Å². The van der Waals surface area contributed by atoms with Crippen LogP contribution in [0.2, 0.25) is 0 Å². The van der Waals surface area contributed by atoms with Crippen molar-refractivity contribution in [3.05, 3.63) is 65.5 Å². The molecule has 1 aliphatic heterocycles. The fourth-order valence-electron chi connectivity index (χ4n) is 3.07. The van der Waals surface area contributed by atoms with Crippen molar-refractivity contribution in [1.82, 2.24) is 14.9 Å². The molecule has 1 aromatic heterocycles. The number of benzene rings is 1. The molecule has 1 aliphatic rings.